The Labute approximate surface area is 215 Å². The normalized spacial score (nSPS) is 17.9. The molecule has 2 unspecified atom stereocenters. The van der Waals surface area contributed by atoms with E-state index in [0.717, 1.165) is 60.8 Å². The van der Waals surface area contributed by atoms with Gasteiger partial charge in [-0.3, -0.25) is 9.98 Å². The summed E-state index contributed by atoms with van der Waals surface area (Å²) >= 11 is 0. The van der Waals surface area contributed by atoms with Crippen molar-refractivity contribution in [1.29, 1.82) is 0 Å². The molecule has 2 aromatic carbocycles. The molecule has 1 saturated carbocycles. The van der Waals surface area contributed by atoms with Crippen LogP contribution in [0.1, 0.15) is 59.1 Å². The van der Waals surface area contributed by atoms with E-state index in [1.807, 2.05) is 36.4 Å². The van der Waals surface area contributed by atoms with E-state index in [9.17, 15) is 10.2 Å². The Morgan fingerprint density at radius 2 is 1.03 bits per heavy atom. The molecule has 1 aliphatic carbocycles. The Balaban J connectivity index is 1.88. The molecule has 4 nitrogen and oxygen atoms in total. The van der Waals surface area contributed by atoms with Crippen molar-refractivity contribution in [3.05, 3.63) is 108 Å². The van der Waals surface area contributed by atoms with Gasteiger partial charge in [-0.2, -0.15) is 0 Å². The lowest BCUT2D eigenvalue weighted by Gasteiger charge is -2.25. The standard InChI is InChI=1S/C32H38N2O2/c1-5-11-23-17-25(13-7-3)31(35)27(19-23)21-33-29-15-9-10-16-30(29)34-22-28-20-24(12-6-2)18-26(14-8-4)32(28)36/h5-8,17-22,29-30,35-36H,1-4,9-16H2/b33-21+,34-22+. The summed E-state index contributed by atoms with van der Waals surface area (Å²) in [4.78, 5) is 9.77. The van der Waals surface area contributed by atoms with Crippen molar-refractivity contribution in [2.24, 2.45) is 9.98 Å². The molecule has 0 amide bonds. The van der Waals surface area contributed by atoms with Gasteiger partial charge in [0.15, 0.2) is 0 Å². The van der Waals surface area contributed by atoms with Crippen molar-refractivity contribution < 1.29 is 10.2 Å². The molecule has 188 valence electrons. The Morgan fingerprint density at radius 3 is 1.39 bits per heavy atom. The van der Waals surface area contributed by atoms with Gasteiger partial charge in [0.25, 0.3) is 0 Å². The molecule has 2 N–H and O–H groups in total. The number of nitrogens with zero attached hydrogens (tertiary/aromatic N) is 2. The number of aromatic hydroxyl groups is 2. The largest absolute Gasteiger partial charge is 0.507 e. The van der Waals surface area contributed by atoms with Crippen molar-refractivity contribution in [3.8, 4) is 11.5 Å². The molecule has 3 rings (SSSR count). The zero-order valence-electron chi connectivity index (χ0n) is 21.2. The van der Waals surface area contributed by atoms with Crippen molar-refractivity contribution in [2.45, 2.75) is 63.5 Å². The Hall–Kier alpha value is -3.66. The van der Waals surface area contributed by atoms with Crippen LogP contribution in [0.15, 0.2) is 84.9 Å². The van der Waals surface area contributed by atoms with E-state index >= 15 is 0 Å². The van der Waals surface area contributed by atoms with Gasteiger partial charge in [0, 0.05) is 23.6 Å². The third-order valence-electron chi connectivity index (χ3n) is 6.55. The third kappa shape index (κ3) is 6.94. The average Bonchev–Trinajstić information content (AvgIpc) is 2.87. The van der Waals surface area contributed by atoms with Crippen molar-refractivity contribution in [3.63, 3.8) is 0 Å². The van der Waals surface area contributed by atoms with E-state index < -0.39 is 0 Å². The second-order valence-electron chi connectivity index (χ2n) is 9.33. The van der Waals surface area contributed by atoms with Crippen molar-refractivity contribution >= 4 is 12.4 Å². The van der Waals surface area contributed by atoms with E-state index in [-0.39, 0.29) is 23.6 Å². The van der Waals surface area contributed by atoms with Gasteiger partial charge in [-0.05, 0) is 72.9 Å². The summed E-state index contributed by atoms with van der Waals surface area (Å²) in [6.45, 7) is 15.3. The van der Waals surface area contributed by atoms with Crippen LogP contribution in [0.5, 0.6) is 11.5 Å². The van der Waals surface area contributed by atoms with Crippen LogP contribution in [0.4, 0.5) is 0 Å². The van der Waals surface area contributed by atoms with Crippen LogP contribution in [-0.4, -0.2) is 34.7 Å². The molecule has 0 aromatic heterocycles. The molecule has 0 spiro atoms. The minimum Gasteiger partial charge on any atom is -0.507 e. The summed E-state index contributed by atoms with van der Waals surface area (Å²) < 4.78 is 0. The summed E-state index contributed by atoms with van der Waals surface area (Å²) in [5.74, 6) is 0.502. The first-order valence-corrected chi connectivity index (χ1v) is 12.7. The second kappa shape index (κ2) is 13.4. The number of aliphatic imine (C=N–C) groups is 2. The monoisotopic (exact) mass is 482 g/mol. The van der Waals surface area contributed by atoms with Gasteiger partial charge in [-0.25, -0.2) is 0 Å². The van der Waals surface area contributed by atoms with Crippen LogP contribution in [0, 0.1) is 0 Å². The number of hydrogen-bond acceptors (Lipinski definition) is 4. The first kappa shape index (κ1) is 26.9. The molecule has 0 heterocycles. The summed E-state index contributed by atoms with van der Waals surface area (Å²) in [6.07, 6.45) is 17.6. The Morgan fingerprint density at radius 1 is 0.639 bits per heavy atom. The number of allylic oxidation sites excluding steroid dienone is 4. The van der Waals surface area contributed by atoms with Crippen LogP contribution in [-0.2, 0) is 25.7 Å². The smallest absolute Gasteiger partial charge is 0.127 e. The summed E-state index contributed by atoms with van der Waals surface area (Å²) in [5.41, 5.74) is 5.28. The maximum absolute atomic E-state index is 10.8. The van der Waals surface area contributed by atoms with Crippen LogP contribution >= 0.6 is 0 Å². The first-order chi connectivity index (χ1) is 17.5. The molecule has 2 atom stereocenters. The molecule has 0 radical (unpaired) electrons. The van der Waals surface area contributed by atoms with Gasteiger partial charge in [0.2, 0.25) is 0 Å². The lowest BCUT2D eigenvalue weighted by Crippen LogP contribution is -2.27. The van der Waals surface area contributed by atoms with Crippen LogP contribution in [0.25, 0.3) is 0 Å². The van der Waals surface area contributed by atoms with E-state index in [4.69, 9.17) is 9.98 Å². The highest BCUT2D eigenvalue weighted by molar-refractivity contribution is 5.86. The van der Waals surface area contributed by atoms with Crippen molar-refractivity contribution in [1.82, 2.24) is 0 Å². The zero-order chi connectivity index (χ0) is 25.9. The van der Waals surface area contributed by atoms with E-state index in [2.05, 4.69) is 26.3 Å². The topological polar surface area (TPSA) is 65.2 Å². The molecular formula is C32H38N2O2. The third-order valence-corrected chi connectivity index (χ3v) is 6.55. The fraction of sp³-hybridized carbons (Fsp3) is 0.312. The summed E-state index contributed by atoms with van der Waals surface area (Å²) in [7, 11) is 0. The van der Waals surface area contributed by atoms with E-state index in [1.165, 1.54) is 0 Å². The molecule has 0 bridgehead atoms. The van der Waals surface area contributed by atoms with Crippen LogP contribution in [0.2, 0.25) is 0 Å². The lowest BCUT2D eigenvalue weighted by atomic mass is 9.91. The summed E-state index contributed by atoms with van der Waals surface area (Å²) in [6, 6.07) is 7.98. The zero-order valence-corrected chi connectivity index (χ0v) is 21.2. The highest BCUT2D eigenvalue weighted by Crippen LogP contribution is 2.29. The number of hydrogen-bond donors (Lipinski definition) is 2. The Kier molecular flexibility index (Phi) is 10.1. The fourth-order valence-electron chi connectivity index (χ4n) is 4.75. The number of phenolic OH excluding ortho intramolecular Hbond substituents is 2. The van der Waals surface area contributed by atoms with Gasteiger partial charge in [-0.1, -0.05) is 49.3 Å². The summed E-state index contributed by atoms with van der Waals surface area (Å²) in [5, 5.41) is 21.6. The van der Waals surface area contributed by atoms with Gasteiger partial charge in [0.1, 0.15) is 11.5 Å². The highest BCUT2D eigenvalue weighted by atomic mass is 16.3. The van der Waals surface area contributed by atoms with E-state index in [0.29, 0.717) is 24.0 Å². The predicted molar refractivity (Wildman–Crippen MR) is 153 cm³/mol. The predicted octanol–water partition coefficient (Wildman–Crippen LogP) is 6.86. The molecular weight excluding hydrogens is 444 g/mol. The van der Waals surface area contributed by atoms with Gasteiger partial charge >= 0.3 is 0 Å². The molecule has 36 heavy (non-hydrogen) atoms. The van der Waals surface area contributed by atoms with Gasteiger partial charge in [-0.15, -0.1) is 26.3 Å². The van der Waals surface area contributed by atoms with Crippen LogP contribution in [0.3, 0.4) is 0 Å². The second-order valence-corrected chi connectivity index (χ2v) is 9.33. The quantitative estimate of drug-likeness (QED) is 0.256. The van der Waals surface area contributed by atoms with Crippen molar-refractivity contribution in [2.75, 3.05) is 0 Å². The number of rotatable bonds is 12. The number of phenols is 2. The number of benzene rings is 2. The molecule has 1 aliphatic rings. The molecule has 1 fully saturated rings. The lowest BCUT2D eigenvalue weighted by molar-refractivity contribution is 0.390. The molecule has 0 saturated heterocycles. The minimum atomic E-state index is 0.0199. The van der Waals surface area contributed by atoms with Gasteiger partial charge in [0.05, 0.1) is 12.1 Å². The maximum Gasteiger partial charge on any atom is 0.127 e. The Bertz CT molecular complexity index is 1070. The fourth-order valence-corrected chi connectivity index (χ4v) is 4.75. The molecule has 4 heteroatoms. The molecule has 2 aromatic rings. The van der Waals surface area contributed by atoms with E-state index in [1.54, 1.807) is 24.6 Å². The minimum absolute atomic E-state index is 0.0199. The van der Waals surface area contributed by atoms with Crippen LogP contribution < -0.4 is 0 Å². The maximum atomic E-state index is 10.8. The molecule has 0 aliphatic heterocycles. The first-order valence-electron chi connectivity index (χ1n) is 12.7. The average molecular weight is 483 g/mol. The SMILES string of the molecule is C=CCc1cc(/C=N/C2CCCCC2/N=C/c2cc(CC=C)cc(CC=C)c2O)c(O)c(CC=C)c1. The van der Waals surface area contributed by atoms with Gasteiger partial charge < -0.3 is 10.2 Å². The highest BCUT2D eigenvalue weighted by Gasteiger charge is 2.23.